The van der Waals surface area contributed by atoms with Gasteiger partial charge in [-0.25, -0.2) is 8.42 Å². The van der Waals surface area contributed by atoms with Gasteiger partial charge < -0.3 is 10.1 Å². The van der Waals surface area contributed by atoms with Crippen molar-refractivity contribution in [1.29, 1.82) is 0 Å². The third kappa shape index (κ3) is 2.25. The maximum Gasteiger partial charge on any atom is 0.261 e. The number of hydrogen-bond donors (Lipinski definition) is 1. The number of halogens is 1. The molecule has 0 amide bonds. The first-order valence-electron chi connectivity index (χ1n) is 4.80. The molecule has 1 aromatic rings. The van der Waals surface area contributed by atoms with Gasteiger partial charge in [-0.3, -0.25) is 0 Å². The average Bonchev–Trinajstić information content (AvgIpc) is 2.14. The molecule has 16 heavy (non-hydrogen) atoms. The van der Waals surface area contributed by atoms with Crippen molar-refractivity contribution in [2.75, 3.05) is 11.9 Å². The number of hydrogen-bond acceptors (Lipinski definition) is 4. The van der Waals surface area contributed by atoms with Gasteiger partial charge in [-0.1, -0.05) is 0 Å². The van der Waals surface area contributed by atoms with Crippen LogP contribution in [-0.2, 0) is 9.05 Å². The van der Waals surface area contributed by atoms with Gasteiger partial charge in [0.15, 0.2) is 0 Å². The second-order valence-electron chi connectivity index (χ2n) is 4.31. The van der Waals surface area contributed by atoms with Crippen molar-refractivity contribution < 1.29 is 13.2 Å². The zero-order chi connectivity index (χ0) is 12.0. The first-order chi connectivity index (χ1) is 7.28. The highest BCUT2D eigenvalue weighted by Gasteiger charge is 2.27. The zero-order valence-electron chi connectivity index (χ0n) is 8.95. The molecule has 2 rings (SSSR count). The van der Waals surface area contributed by atoms with Crippen LogP contribution in [0, 0.1) is 0 Å². The minimum atomic E-state index is -3.69. The summed E-state index contributed by atoms with van der Waals surface area (Å²) in [7, 11) is 1.57. The van der Waals surface area contributed by atoms with Gasteiger partial charge in [-0.2, -0.15) is 0 Å². The molecule has 1 aliphatic heterocycles. The van der Waals surface area contributed by atoms with Gasteiger partial charge in [0.05, 0.1) is 17.1 Å². The highest BCUT2D eigenvalue weighted by Crippen LogP contribution is 2.35. The van der Waals surface area contributed by atoms with E-state index in [2.05, 4.69) is 5.32 Å². The Kier molecular flexibility index (Phi) is 2.55. The molecule has 0 bridgehead atoms. The lowest BCUT2D eigenvalue weighted by Gasteiger charge is -2.33. The Balaban J connectivity index is 2.43. The lowest BCUT2D eigenvalue weighted by Crippen LogP contribution is -2.40. The quantitative estimate of drug-likeness (QED) is 0.788. The Bertz CT molecular complexity index is 525. The van der Waals surface area contributed by atoms with E-state index in [1.807, 2.05) is 13.8 Å². The van der Waals surface area contributed by atoms with Crippen LogP contribution in [0.3, 0.4) is 0 Å². The van der Waals surface area contributed by atoms with E-state index < -0.39 is 9.05 Å². The van der Waals surface area contributed by atoms with Crippen LogP contribution in [0.4, 0.5) is 5.69 Å². The molecule has 1 heterocycles. The number of rotatable bonds is 1. The molecular weight excluding hydrogens is 250 g/mol. The van der Waals surface area contributed by atoms with Crippen molar-refractivity contribution in [2.45, 2.75) is 24.3 Å². The molecule has 0 saturated carbocycles. The summed E-state index contributed by atoms with van der Waals surface area (Å²) in [5, 5.41) is 3.12. The number of benzene rings is 1. The summed E-state index contributed by atoms with van der Waals surface area (Å²) in [6, 6.07) is 4.52. The van der Waals surface area contributed by atoms with Crippen LogP contribution in [0.2, 0.25) is 0 Å². The Labute approximate surface area is 99.0 Å². The van der Waals surface area contributed by atoms with E-state index in [4.69, 9.17) is 15.4 Å². The van der Waals surface area contributed by atoms with Crippen molar-refractivity contribution in [3.63, 3.8) is 0 Å². The summed E-state index contributed by atoms with van der Waals surface area (Å²) >= 11 is 0. The summed E-state index contributed by atoms with van der Waals surface area (Å²) in [5.74, 6) is 0.639. The largest absolute Gasteiger partial charge is 0.484 e. The molecule has 0 aliphatic carbocycles. The highest BCUT2D eigenvalue weighted by atomic mass is 35.7. The molecule has 0 spiro atoms. The van der Waals surface area contributed by atoms with E-state index in [0.29, 0.717) is 18.0 Å². The van der Waals surface area contributed by atoms with Gasteiger partial charge in [0.1, 0.15) is 11.4 Å². The van der Waals surface area contributed by atoms with Crippen molar-refractivity contribution in [3.05, 3.63) is 18.2 Å². The molecule has 4 nitrogen and oxygen atoms in total. The monoisotopic (exact) mass is 261 g/mol. The Morgan fingerprint density at radius 3 is 2.75 bits per heavy atom. The van der Waals surface area contributed by atoms with E-state index in [1.54, 1.807) is 6.07 Å². The Morgan fingerprint density at radius 1 is 1.44 bits per heavy atom. The molecular formula is C10H12ClNO3S. The van der Waals surface area contributed by atoms with Gasteiger partial charge in [0.25, 0.3) is 9.05 Å². The molecule has 0 radical (unpaired) electrons. The van der Waals surface area contributed by atoms with Gasteiger partial charge in [0.2, 0.25) is 0 Å². The molecule has 0 saturated heterocycles. The lowest BCUT2D eigenvalue weighted by atomic mass is 10.1. The first kappa shape index (κ1) is 11.5. The highest BCUT2D eigenvalue weighted by molar-refractivity contribution is 8.13. The smallest absolute Gasteiger partial charge is 0.261 e. The Morgan fingerprint density at radius 2 is 2.12 bits per heavy atom. The van der Waals surface area contributed by atoms with E-state index in [9.17, 15) is 8.42 Å². The third-order valence-corrected chi connectivity index (χ3v) is 3.67. The van der Waals surface area contributed by atoms with Crippen molar-refractivity contribution in [2.24, 2.45) is 0 Å². The fourth-order valence-corrected chi connectivity index (χ4v) is 2.31. The van der Waals surface area contributed by atoms with E-state index in [0.717, 1.165) is 0 Å². The zero-order valence-corrected chi connectivity index (χ0v) is 10.5. The van der Waals surface area contributed by atoms with Crippen LogP contribution in [0.15, 0.2) is 23.1 Å². The first-order valence-corrected chi connectivity index (χ1v) is 7.10. The van der Waals surface area contributed by atoms with Crippen LogP contribution in [0.25, 0.3) is 0 Å². The second kappa shape index (κ2) is 3.53. The van der Waals surface area contributed by atoms with Crippen molar-refractivity contribution >= 4 is 25.4 Å². The summed E-state index contributed by atoms with van der Waals surface area (Å²) in [5.41, 5.74) is 0.356. The number of ether oxygens (including phenoxy) is 1. The fourth-order valence-electron chi connectivity index (χ4n) is 1.53. The lowest BCUT2D eigenvalue weighted by molar-refractivity contribution is 0.116. The van der Waals surface area contributed by atoms with Crippen molar-refractivity contribution in [3.8, 4) is 5.75 Å². The van der Waals surface area contributed by atoms with Gasteiger partial charge >= 0.3 is 0 Å². The van der Waals surface area contributed by atoms with Gasteiger partial charge in [0, 0.05) is 10.7 Å². The number of fused-ring (bicyclic) bond motifs is 1. The molecule has 0 atom stereocenters. The minimum Gasteiger partial charge on any atom is -0.484 e. The topological polar surface area (TPSA) is 55.4 Å². The molecule has 0 aromatic heterocycles. The molecule has 1 aromatic carbocycles. The predicted octanol–water partition coefficient (Wildman–Crippen LogP) is 2.20. The van der Waals surface area contributed by atoms with Gasteiger partial charge in [-0.15, -0.1) is 0 Å². The van der Waals surface area contributed by atoms with Crippen LogP contribution in [0.1, 0.15) is 13.8 Å². The van der Waals surface area contributed by atoms with E-state index in [-0.39, 0.29) is 10.5 Å². The van der Waals surface area contributed by atoms with Crippen LogP contribution >= 0.6 is 10.7 Å². The van der Waals surface area contributed by atoms with Gasteiger partial charge in [-0.05, 0) is 32.0 Å². The third-order valence-electron chi connectivity index (χ3n) is 2.32. The van der Waals surface area contributed by atoms with E-state index in [1.165, 1.54) is 12.1 Å². The summed E-state index contributed by atoms with van der Waals surface area (Å²) in [4.78, 5) is 0.0729. The minimum absolute atomic E-state index is 0.0729. The fraction of sp³-hybridized carbons (Fsp3) is 0.400. The molecule has 1 aliphatic rings. The van der Waals surface area contributed by atoms with E-state index >= 15 is 0 Å². The molecule has 6 heteroatoms. The SMILES string of the molecule is CC1(C)CNc2cc(S(=O)(=O)Cl)ccc2O1. The van der Waals surface area contributed by atoms with Crippen LogP contribution in [0.5, 0.6) is 5.75 Å². The maximum atomic E-state index is 11.1. The standard InChI is InChI=1S/C10H12ClNO3S/c1-10(2)6-12-8-5-7(16(11,13)14)3-4-9(8)15-10/h3-5,12H,6H2,1-2H3. The summed E-state index contributed by atoms with van der Waals surface area (Å²) < 4.78 is 28.0. The summed E-state index contributed by atoms with van der Waals surface area (Å²) in [6.45, 7) is 4.52. The molecule has 0 unspecified atom stereocenters. The normalized spacial score (nSPS) is 18.2. The summed E-state index contributed by atoms with van der Waals surface area (Å²) in [6.07, 6.45) is 0. The second-order valence-corrected chi connectivity index (χ2v) is 6.88. The Hall–Kier alpha value is -0.940. The predicted molar refractivity (Wildman–Crippen MR) is 62.7 cm³/mol. The van der Waals surface area contributed by atoms with Crippen LogP contribution < -0.4 is 10.1 Å². The number of nitrogens with one attached hydrogen (secondary N) is 1. The number of anilines is 1. The van der Waals surface area contributed by atoms with Crippen molar-refractivity contribution in [1.82, 2.24) is 0 Å². The molecule has 1 N–H and O–H groups in total. The van der Waals surface area contributed by atoms with Crippen LogP contribution in [-0.4, -0.2) is 20.6 Å². The average molecular weight is 262 g/mol. The molecule has 0 fully saturated rings. The molecule has 88 valence electrons. The maximum absolute atomic E-state index is 11.1.